The van der Waals surface area contributed by atoms with Crippen LogP contribution in [0.15, 0.2) is 65.1 Å². The molecular formula is C24H22AsBrN2O6. The molecule has 0 saturated carbocycles. The van der Waals surface area contributed by atoms with Gasteiger partial charge >= 0.3 is 208 Å². The van der Waals surface area contributed by atoms with Gasteiger partial charge in [0.25, 0.3) is 0 Å². The Labute approximate surface area is 207 Å². The number of benzene rings is 3. The molecule has 176 valence electrons. The van der Waals surface area contributed by atoms with E-state index in [1.54, 1.807) is 76.7 Å². The fraction of sp³-hybridized carbons (Fsp3) is 0.167. The van der Waals surface area contributed by atoms with Crippen LogP contribution in [0.1, 0.15) is 20.7 Å². The van der Waals surface area contributed by atoms with Crippen LogP contribution in [-0.2, 0) is 0 Å². The van der Waals surface area contributed by atoms with E-state index in [2.05, 4.69) is 15.9 Å². The van der Waals surface area contributed by atoms with Crippen LogP contribution in [0, 0.1) is 0 Å². The summed E-state index contributed by atoms with van der Waals surface area (Å²) in [5.74, 6) is 0.698. The van der Waals surface area contributed by atoms with Crippen molar-refractivity contribution in [3.8, 4) is 23.0 Å². The summed E-state index contributed by atoms with van der Waals surface area (Å²) in [6.07, 6.45) is 0. The predicted octanol–water partition coefficient (Wildman–Crippen LogP) is 3.39. The van der Waals surface area contributed by atoms with Gasteiger partial charge in [0.05, 0.1) is 0 Å². The Morgan fingerprint density at radius 3 is 1.53 bits per heavy atom. The second-order valence-electron chi connectivity index (χ2n) is 8.32. The summed E-state index contributed by atoms with van der Waals surface area (Å²) in [4.78, 5) is 28.7. The van der Waals surface area contributed by atoms with Crippen molar-refractivity contribution in [3.63, 3.8) is 0 Å². The van der Waals surface area contributed by atoms with E-state index in [1.165, 1.54) is 9.80 Å². The third kappa shape index (κ3) is 3.26. The molecule has 0 N–H and O–H groups in total. The number of carbonyl (C=O) groups excluding carboxylic acids is 2. The Bertz CT molecular complexity index is 1260. The molecule has 0 radical (unpaired) electrons. The van der Waals surface area contributed by atoms with Crippen molar-refractivity contribution in [1.82, 2.24) is 9.80 Å². The number of halogens is 1. The van der Waals surface area contributed by atoms with Gasteiger partial charge in [0.15, 0.2) is 0 Å². The van der Waals surface area contributed by atoms with Crippen LogP contribution in [0.25, 0.3) is 0 Å². The van der Waals surface area contributed by atoms with Gasteiger partial charge in [-0.05, 0) is 0 Å². The maximum atomic E-state index is 12.9. The first-order chi connectivity index (χ1) is 16.1. The zero-order valence-corrected chi connectivity index (χ0v) is 22.4. The first kappa shape index (κ1) is 22.6. The van der Waals surface area contributed by atoms with Crippen molar-refractivity contribution in [2.45, 2.75) is 0 Å². The molecule has 3 aromatic rings. The van der Waals surface area contributed by atoms with E-state index in [0.717, 1.165) is 4.47 Å². The Morgan fingerprint density at radius 2 is 1.12 bits per heavy atom. The summed E-state index contributed by atoms with van der Waals surface area (Å²) in [7, 11) is 6.65. The normalized spacial score (nSPS) is 17.0. The zero-order chi connectivity index (χ0) is 24.3. The number of fused-ring (bicyclic) bond motifs is 2. The van der Waals surface area contributed by atoms with Gasteiger partial charge in [0.2, 0.25) is 0 Å². The second kappa shape index (κ2) is 7.68. The Morgan fingerprint density at radius 1 is 0.676 bits per heavy atom. The van der Waals surface area contributed by atoms with Crippen LogP contribution in [0.3, 0.4) is 0 Å². The first-order valence-electron chi connectivity index (χ1n) is 10.4. The molecule has 0 saturated heterocycles. The average molecular weight is 589 g/mol. The van der Waals surface area contributed by atoms with Crippen molar-refractivity contribution in [1.29, 1.82) is 0 Å². The predicted molar refractivity (Wildman–Crippen MR) is 131 cm³/mol. The van der Waals surface area contributed by atoms with E-state index in [0.29, 0.717) is 27.0 Å². The maximum absolute atomic E-state index is 12.9. The number of carbonyl (C=O) groups is 2. The molecule has 2 aliphatic rings. The van der Waals surface area contributed by atoms with Gasteiger partial charge in [-0.25, -0.2) is 0 Å². The summed E-state index contributed by atoms with van der Waals surface area (Å²) >= 11 is -1.91. The topological polar surface area (TPSA) is 77.5 Å². The van der Waals surface area contributed by atoms with Crippen molar-refractivity contribution in [3.05, 3.63) is 76.3 Å². The molecule has 2 aliphatic heterocycles. The fourth-order valence-corrected chi connectivity index (χ4v) is 10.9. The molecule has 2 heterocycles. The quantitative estimate of drug-likeness (QED) is 0.437. The summed E-state index contributed by atoms with van der Waals surface area (Å²) in [6.45, 7) is 0. The van der Waals surface area contributed by atoms with Crippen molar-refractivity contribution in [2.75, 3.05) is 28.2 Å². The Kier molecular flexibility index (Phi) is 5.11. The first-order valence-corrected chi connectivity index (χ1v) is 15.2. The van der Waals surface area contributed by atoms with Crippen LogP contribution in [-0.4, -0.2) is 63.6 Å². The average Bonchev–Trinajstić information content (AvgIpc) is 3.33. The zero-order valence-electron chi connectivity index (χ0n) is 18.9. The molecule has 3 aromatic carbocycles. The minimum atomic E-state index is -5.36. The van der Waals surface area contributed by atoms with Crippen LogP contribution >= 0.6 is 15.9 Å². The molecule has 8 nitrogen and oxygen atoms in total. The number of hydrogen-bond donors (Lipinski definition) is 0. The fourth-order valence-electron chi connectivity index (χ4n) is 3.84. The van der Waals surface area contributed by atoms with Crippen molar-refractivity contribution < 1.29 is 24.5 Å². The van der Waals surface area contributed by atoms with Gasteiger partial charge in [-0.3, -0.25) is 0 Å². The van der Waals surface area contributed by atoms with E-state index >= 15 is 0 Å². The Balaban J connectivity index is 1.72. The van der Waals surface area contributed by atoms with Crippen LogP contribution in [0.5, 0.6) is 23.0 Å². The molecule has 34 heavy (non-hydrogen) atoms. The van der Waals surface area contributed by atoms with Gasteiger partial charge in [-0.15, -0.1) is 0 Å². The second-order valence-corrected chi connectivity index (χ2v) is 15.3. The van der Waals surface area contributed by atoms with E-state index in [-0.39, 0.29) is 23.3 Å². The van der Waals surface area contributed by atoms with E-state index in [4.69, 9.17) is 14.9 Å². The number of rotatable bonds is 3. The number of hydrogen-bond acceptors (Lipinski definition) is 6. The SMILES string of the molecule is CN(C)C(=O)c1cccc2c1O[As]1(c3ccc(Br)cc3)(O2)Oc2cccc(C(=O)N(C)C)c2O1. The van der Waals surface area contributed by atoms with Gasteiger partial charge in [-0.1, -0.05) is 0 Å². The minimum absolute atomic E-state index is 0.247. The molecular weight excluding hydrogens is 567 g/mol. The van der Waals surface area contributed by atoms with Crippen LogP contribution < -0.4 is 19.3 Å². The Hall–Kier alpha value is -3.16. The molecule has 2 amide bonds. The van der Waals surface area contributed by atoms with E-state index < -0.39 is 13.8 Å². The number of nitrogens with zero attached hydrogens (tertiary/aromatic N) is 2. The number of para-hydroxylation sites is 2. The molecule has 0 bridgehead atoms. The van der Waals surface area contributed by atoms with Crippen LogP contribution in [0.2, 0.25) is 0 Å². The monoisotopic (exact) mass is 588 g/mol. The van der Waals surface area contributed by atoms with Gasteiger partial charge in [0.1, 0.15) is 0 Å². The molecule has 0 aliphatic carbocycles. The van der Waals surface area contributed by atoms with Gasteiger partial charge < -0.3 is 0 Å². The molecule has 0 atom stereocenters. The summed E-state index contributed by atoms with van der Waals surface area (Å²) < 4.78 is 27.6. The molecule has 1 spiro atoms. The van der Waals surface area contributed by atoms with Crippen LogP contribution in [0.4, 0.5) is 0 Å². The summed E-state index contributed by atoms with van der Waals surface area (Å²) in [5.41, 5.74) is 0.652. The van der Waals surface area contributed by atoms with Crippen molar-refractivity contribution >= 4 is 45.9 Å². The molecule has 0 fully saturated rings. The molecule has 0 unspecified atom stereocenters. The van der Waals surface area contributed by atoms with Crippen molar-refractivity contribution in [2.24, 2.45) is 0 Å². The third-order valence-corrected chi connectivity index (χ3v) is 12.6. The summed E-state index contributed by atoms with van der Waals surface area (Å²) in [5, 5.41) is 0. The van der Waals surface area contributed by atoms with E-state index in [9.17, 15) is 9.59 Å². The molecule has 5 rings (SSSR count). The van der Waals surface area contributed by atoms with Gasteiger partial charge in [0, 0.05) is 0 Å². The molecule has 0 aromatic heterocycles. The van der Waals surface area contributed by atoms with Gasteiger partial charge in [-0.2, -0.15) is 0 Å². The summed E-state index contributed by atoms with van der Waals surface area (Å²) in [6, 6.07) is 17.5. The number of amides is 2. The molecule has 10 heteroatoms. The standard InChI is InChI=1S/C24H22AsBrN2O6/c1-27(2)23(29)17-7-5-9-19-21(17)33-25(31-19,15-11-13-16(26)14-12-15)32-20-10-6-8-18(22(20)34-25)24(30)28(3)4/h5-14H,1-4H3. The third-order valence-electron chi connectivity index (χ3n) is 5.49. The van der Waals surface area contributed by atoms with E-state index in [1.807, 2.05) is 12.1 Å².